The summed E-state index contributed by atoms with van der Waals surface area (Å²) in [4.78, 5) is 12.3. The Balaban J connectivity index is 2.03. The highest BCUT2D eigenvalue weighted by Gasteiger charge is 2.34. The van der Waals surface area contributed by atoms with Gasteiger partial charge in [-0.25, -0.2) is 4.79 Å². The van der Waals surface area contributed by atoms with E-state index >= 15 is 0 Å². The zero-order valence-corrected chi connectivity index (χ0v) is 15.8. The molecule has 0 spiro atoms. The van der Waals surface area contributed by atoms with Crippen LogP contribution >= 0.6 is 0 Å². The van der Waals surface area contributed by atoms with Crippen molar-refractivity contribution in [3.8, 4) is 5.75 Å². The second-order valence-corrected chi connectivity index (χ2v) is 7.32. The molecule has 1 aliphatic carbocycles. The molecular weight excluding hydrogens is 336 g/mol. The predicted molar refractivity (Wildman–Crippen MR) is 96.7 cm³/mol. The minimum atomic E-state index is -1.29. The SMILES string of the molecule is CC1CCC(C(C)C)C(OC(=O)Oc2ccccc2C(O)OCCO)C1. The monoisotopic (exact) mass is 366 g/mol. The number of hydrogen-bond donors (Lipinski definition) is 2. The summed E-state index contributed by atoms with van der Waals surface area (Å²) in [5.41, 5.74) is 0.315. The van der Waals surface area contributed by atoms with Gasteiger partial charge in [-0.3, -0.25) is 0 Å². The molecule has 0 saturated heterocycles. The summed E-state index contributed by atoms with van der Waals surface area (Å²) in [6.07, 6.45) is 0.813. The number of ether oxygens (including phenoxy) is 3. The molecule has 4 atom stereocenters. The molecule has 1 aliphatic rings. The smallest absolute Gasteiger partial charge is 0.430 e. The van der Waals surface area contributed by atoms with Gasteiger partial charge in [0.05, 0.1) is 18.8 Å². The zero-order valence-electron chi connectivity index (χ0n) is 15.8. The summed E-state index contributed by atoms with van der Waals surface area (Å²) in [7, 11) is 0. The summed E-state index contributed by atoms with van der Waals surface area (Å²) >= 11 is 0. The molecule has 6 heteroatoms. The summed E-state index contributed by atoms with van der Waals surface area (Å²) in [5, 5.41) is 18.9. The average molecular weight is 366 g/mol. The van der Waals surface area contributed by atoms with Gasteiger partial charge in [-0.15, -0.1) is 0 Å². The fourth-order valence-corrected chi connectivity index (χ4v) is 3.52. The van der Waals surface area contributed by atoms with Crippen LogP contribution in [-0.4, -0.2) is 35.7 Å². The zero-order chi connectivity index (χ0) is 19.1. The van der Waals surface area contributed by atoms with E-state index in [9.17, 15) is 9.90 Å². The van der Waals surface area contributed by atoms with Crippen LogP contribution in [0.1, 0.15) is 51.9 Å². The molecule has 0 aliphatic heterocycles. The molecule has 1 aromatic rings. The van der Waals surface area contributed by atoms with E-state index in [0.29, 0.717) is 23.3 Å². The molecule has 0 radical (unpaired) electrons. The Morgan fingerprint density at radius 2 is 2.00 bits per heavy atom. The topological polar surface area (TPSA) is 85.2 Å². The highest BCUT2D eigenvalue weighted by molar-refractivity contribution is 5.64. The molecule has 0 amide bonds. The van der Waals surface area contributed by atoms with E-state index in [4.69, 9.17) is 19.3 Å². The third-order valence-corrected chi connectivity index (χ3v) is 4.95. The molecule has 1 saturated carbocycles. The van der Waals surface area contributed by atoms with Gasteiger partial charge in [0.25, 0.3) is 0 Å². The highest BCUT2D eigenvalue weighted by Crippen LogP contribution is 2.36. The fourth-order valence-electron chi connectivity index (χ4n) is 3.52. The first kappa shape index (κ1) is 20.7. The Hall–Kier alpha value is -1.63. The molecule has 0 bridgehead atoms. The molecule has 1 fully saturated rings. The second-order valence-electron chi connectivity index (χ2n) is 7.32. The van der Waals surface area contributed by atoms with Crippen molar-refractivity contribution in [3.05, 3.63) is 29.8 Å². The lowest BCUT2D eigenvalue weighted by atomic mass is 9.75. The van der Waals surface area contributed by atoms with E-state index in [1.54, 1.807) is 24.3 Å². The van der Waals surface area contributed by atoms with Gasteiger partial charge >= 0.3 is 6.16 Å². The van der Waals surface area contributed by atoms with Crippen molar-refractivity contribution in [2.24, 2.45) is 17.8 Å². The summed E-state index contributed by atoms with van der Waals surface area (Å²) in [6, 6.07) is 6.58. The minimum Gasteiger partial charge on any atom is -0.430 e. The van der Waals surface area contributed by atoms with Crippen molar-refractivity contribution in [1.29, 1.82) is 0 Å². The van der Waals surface area contributed by atoms with Crippen LogP contribution in [0.2, 0.25) is 0 Å². The van der Waals surface area contributed by atoms with E-state index in [0.717, 1.165) is 19.3 Å². The van der Waals surface area contributed by atoms with Crippen LogP contribution in [-0.2, 0) is 9.47 Å². The Labute approximate surface area is 155 Å². The van der Waals surface area contributed by atoms with Gasteiger partial charge in [-0.1, -0.05) is 45.4 Å². The Morgan fingerprint density at radius 1 is 1.27 bits per heavy atom. The van der Waals surface area contributed by atoms with E-state index in [-0.39, 0.29) is 25.1 Å². The van der Waals surface area contributed by atoms with Crippen LogP contribution in [0.25, 0.3) is 0 Å². The average Bonchev–Trinajstić information content (AvgIpc) is 2.59. The van der Waals surface area contributed by atoms with Crippen LogP contribution in [0.3, 0.4) is 0 Å². The maximum absolute atomic E-state index is 12.3. The number of aliphatic hydroxyl groups excluding tert-OH is 2. The van der Waals surface area contributed by atoms with Gasteiger partial charge in [0, 0.05) is 0 Å². The first-order chi connectivity index (χ1) is 12.4. The number of aliphatic hydroxyl groups is 2. The van der Waals surface area contributed by atoms with Crippen molar-refractivity contribution in [1.82, 2.24) is 0 Å². The quantitative estimate of drug-likeness (QED) is 0.435. The van der Waals surface area contributed by atoms with Crippen LogP contribution in [0.15, 0.2) is 24.3 Å². The van der Waals surface area contributed by atoms with E-state index < -0.39 is 12.4 Å². The Morgan fingerprint density at radius 3 is 2.69 bits per heavy atom. The molecule has 4 unspecified atom stereocenters. The number of para-hydroxylation sites is 1. The predicted octanol–water partition coefficient (Wildman–Crippen LogP) is 3.66. The van der Waals surface area contributed by atoms with Gasteiger partial charge in [-0.05, 0) is 36.7 Å². The molecule has 2 N–H and O–H groups in total. The fraction of sp³-hybridized carbons (Fsp3) is 0.650. The molecule has 0 heterocycles. The van der Waals surface area contributed by atoms with E-state index in [1.165, 1.54) is 0 Å². The van der Waals surface area contributed by atoms with Gasteiger partial charge in [-0.2, -0.15) is 0 Å². The van der Waals surface area contributed by atoms with Crippen LogP contribution in [0, 0.1) is 17.8 Å². The van der Waals surface area contributed by atoms with Crippen molar-refractivity contribution >= 4 is 6.16 Å². The largest absolute Gasteiger partial charge is 0.514 e. The third-order valence-electron chi connectivity index (χ3n) is 4.95. The maximum atomic E-state index is 12.3. The van der Waals surface area contributed by atoms with Gasteiger partial charge in [0.15, 0.2) is 6.29 Å². The van der Waals surface area contributed by atoms with Crippen LogP contribution < -0.4 is 4.74 Å². The first-order valence-corrected chi connectivity index (χ1v) is 9.30. The van der Waals surface area contributed by atoms with Gasteiger partial charge in [0.1, 0.15) is 11.9 Å². The number of carbonyl (C=O) groups excluding carboxylic acids is 1. The normalized spacial score (nSPS) is 24.3. The lowest BCUT2D eigenvalue weighted by Crippen LogP contribution is -2.36. The van der Waals surface area contributed by atoms with Crippen LogP contribution in [0.4, 0.5) is 4.79 Å². The number of rotatable bonds is 7. The second kappa shape index (κ2) is 9.90. The third kappa shape index (κ3) is 5.69. The minimum absolute atomic E-state index is 0.0179. The molecular formula is C20H30O6. The summed E-state index contributed by atoms with van der Waals surface area (Å²) in [5.74, 6) is 1.46. The molecule has 6 nitrogen and oxygen atoms in total. The van der Waals surface area contributed by atoms with Crippen molar-refractivity contribution in [2.45, 2.75) is 52.4 Å². The molecule has 146 valence electrons. The highest BCUT2D eigenvalue weighted by atomic mass is 16.7. The molecule has 1 aromatic carbocycles. The summed E-state index contributed by atoms with van der Waals surface area (Å²) < 4.78 is 16.1. The van der Waals surface area contributed by atoms with E-state index in [1.807, 2.05) is 0 Å². The van der Waals surface area contributed by atoms with Crippen molar-refractivity contribution < 1.29 is 29.2 Å². The molecule has 2 rings (SSSR count). The maximum Gasteiger partial charge on any atom is 0.514 e. The van der Waals surface area contributed by atoms with Crippen molar-refractivity contribution in [2.75, 3.05) is 13.2 Å². The Bertz CT molecular complexity index is 573. The molecule has 26 heavy (non-hydrogen) atoms. The van der Waals surface area contributed by atoms with Crippen molar-refractivity contribution in [3.63, 3.8) is 0 Å². The summed E-state index contributed by atoms with van der Waals surface area (Å²) in [6.45, 7) is 6.23. The molecule has 0 aromatic heterocycles. The Kier molecular flexibility index (Phi) is 7.87. The van der Waals surface area contributed by atoms with Crippen LogP contribution in [0.5, 0.6) is 5.75 Å². The number of benzene rings is 1. The van der Waals surface area contributed by atoms with Gasteiger partial charge in [0.2, 0.25) is 0 Å². The number of carbonyl (C=O) groups is 1. The number of hydrogen-bond acceptors (Lipinski definition) is 6. The van der Waals surface area contributed by atoms with Gasteiger partial charge < -0.3 is 24.4 Å². The lowest BCUT2D eigenvalue weighted by molar-refractivity contribution is -0.111. The first-order valence-electron chi connectivity index (χ1n) is 9.30. The lowest BCUT2D eigenvalue weighted by Gasteiger charge is -2.36. The van der Waals surface area contributed by atoms with E-state index in [2.05, 4.69) is 20.8 Å². The standard InChI is InChI=1S/C20H30O6/c1-13(2)15-9-8-14(3)12-18(15)26-20(23)25-17-7-5-4-6-16(17)19(22)24-11-10-21/h4-7,13-15,18-19,21-22H,8-12H2,1-3H3.